The SMILES string of the molecule is O=C(Nc1ccc(=O)n(CC(F)(F)F)n1)c1cc(Cl)c(Cl)s1. The van der Waals surface area contributed by atoms with Crippen molar-refractivity contribution in [1.82, 2.24) is 9.78 Å². The first-order chi connectivity index (χ1) is 10.2. The van der Waals surface area contributed by atoms with E-state index in [0.29, 0.717) is 0 Å². The highest BCUT2D eigenvalue weighted by Gasteiger charge is 2.29. The zero-order valence-electron chi connectivity index (χ0n) is 10.4. The summed E-state index contributed by atoms with van der Waals surface area (Å²) in [4.78, 5) is 23.4. The first kappa shape index (κ1) is 16.8. The van der Waals surface area contributed by atoms with E-state index in [1.54, 1.807) is 0 Å². The van der Waals surface area contributed by atoms with Crippen molar-refractivity contribution in [2.24, 2.45) is 0 Å². The Kier molecular flexibility index (Phi) is 4.78. The Bertz CT molecular complexity index is 753. The fraction of sp³-hybridized carbons (Fsp3) is 0.182. The third-order valence-electron chi connectivity index (χ3n) is 2.31. The fourth-order valence-corrected chi connectivity index (χ4v) is 2.70. The maximum absolute atomic E-state index is 12.3. The van der Waals surface area contributed by atoms with Crippen LogP contribution in [0.3, 0.4) is 0 Å². The minimum Gasteiger partial charge on any atom is -0.304 e. The molecule has 118 valence electrons. The molecule has 0 saturated carbocycles. The van der Waals surface area contributed by atoms with E-state index >= 15 is 0 Å². The number of hydrogen-bond donors (Lipinski definition) is 1. The van der Waals surface area contributed by atoms with Crippen LogP contribution in [0.2, 0.25) is 9.36 Å². The van der Waals surface area contributed by atoms with Gasteiger partial charge in [0, 0.05) is 6.07 Å². The van der Waals surface area contributed by atoms with Crippen molar-refractivity contribution < 1.29 is 18.0 Å². The van der Waals surface area contributed by atoms with Gasteiger partial charge in [-0.2, -0.15) is 18.3 Å². The Morgan fingerprint density at radius 3 is 2.59 bits per heavy atom. The lowest BCUT2D eigenvalue weighted by Gasteiger charge is -2.09. The molecule has 0 saturated heterocycles. The van der Waals surface area contributed by atoms with Crippen LogP contribution in [-0.4, -0.2) is 21.9 Å². The maximum Gasteiger partial charge on any atom is 0.408 e. The molecule has 0 aromatic carbocycles. The molecule has 0 fully saturated rings. The van der Waals surface area contributed by atoms with E-state index in [2.05, 4.69) is 10.4 Å². The van der Waals surface area contributed by atoms with E-state index in [-0.39, 0.29) is 24.7 Å². The number of nitrogens with zero attached hydrogens (tertiary/aromatic N) is 2. The van der Waals surface area contributed by atoms with Gasteiger partial charge in [-0.15, -0.1) is 11.3 Å². The van der Waals surface area contributed by atoms with Crippen molar-refractivity contribution in [1.29, 1.82) is 0 Å². The molecule has 11 heteroatoms. The first-order valence-corrected chi connectivity index (χ1v) is 7.14. The standard InChI is InChI=1S/C11H6Cl2F3N3O2S/c12-5-3-6(22-9(5)13)10(21)17-7-1-2-8(20)19(18-7)4-11(14,15)16/h1-3H,4H2,(H,17,18,21). The lowest BCUT2D eigenvalue weighted by molar-refractivity contribution is -0.143. The van der Waals surface area contributed by atoms with Crippen LogP contribution in [0.25, 0.3) is 0 Å². The Morgan fingerprint density at radius 1 is 1.36 bits per heavy atom. The molecule has 0 radical (unpaired) electrons. The van der Waals surface area contributed by atoms with E-state index in [1.807, 2.05) is 0 Å². The number of halogens is 5. The lowest BCUT2D eigenvalue weighted by Crippen LogP contribution is -2.30. The molecule has 2 aromatic heterocycles. The van der Waals surface area contributed by atoms with Crippen LogP contribution >= 0.6 is 34.5 Å². The summed E-state index contributed by atoms with van der Waals surface area (Å²) in [7, 11) is 0. The molecule has 2 aromatic rings. The Balaban J connectivity index is 2.21. The highest BCUT2D eigenvalue weighted by Crippen LogP contribution is 2.31. The number of carbonyl (C=O) groups is 1. The predicted molar refractivity (Wildman–Crippen MR) is 76.8 cm³/mol. The molecule has 0 aliphatic heterocycles. The van der Waals surface area contributed by atoms with Gasteiger partial charge in [0.2, 0.25) is 0 Å². The van der Waals surface area contributed by atoms with Gasteiger partial charge in [-0.3, -0.25) is 9.59 Å². The molecular formula is C11H6Cl2F3N3O2S. The molecule has 1 N–H and O–H groups in total. The fourth-order valence-electron chi connectivity index (χ4n) is 1.44. The van der Waals surface area contributed by atoms with E-state index < -0.39 is 24.2 Å². The number of thiophene rings is 1. The summed E-state index contributed by atoms with van der Waals surface area (Å²) in [5.74, 6) is -0.849. The third-order valence-corrected chi connectivity index (χ3v) is 4.17. The summed E-state index contributed by atoms with van der Waals surface area (Å²) in [5.41, 5.74) is -0.933. The Hall–Kier alpha value is -1.58. The monoisotopic (exact) mass is 371 g/mol. The van der Waals surface area contributed by atoms with E-state index in [0.717, 1.165) is 23.5 Å². The van der Waals surface area contributed by atoms with Gasteiger partial charge in [0.1, 0.15) is 10.9 Å². The zero-order valence-corrected chi connectivity index (χ0v) is 12.8. The number of anilines is 1. The van der Waals surface area contributed by atoms with Crippen molar-refractivity contribution in [3.63, 3.8) is 0 Å². The summed E-state index contributed by atoms with van der Waals surface area (Å²) in [6.45, 7) is -1.55. The number of carbonyl (C=O) groups excluding carboxylic acids is 1. The second-order valence-electron chi connectivity index (χ2n) is 4.02. The number of nitrogens with one attached hydrogen (secondary N) is 1. The van der Waals surface area contributed by atoms with Gasteiger partial charge in [0.15, 0.2) is 5.82 Å². The normalized spacial score (nSPS) is 11.5. The van der Waals surface area contributed by atoms with Crippen LogP contribution in [-0.2, 0) is 6.54 Å². The van der Waals surface area contributed by atoms with E-state index in [9.17, 15) is 22.8 Å². The number of aromatic nitrogens is 2. The molecule has 0 atom stereocenters. The quantitative estimate of drug-likeness (QED) is 0.898. The molecule has 0 aliphatic carbocycles. The molecular weight excluding hydrogens is 366 g/mol. The molecule has 22 heavy (non-hydrogen) atoms. The molecule has 2 heterocycles. The summed E-state index contributed by atoms with van der Waals surface area (Å²) < 4.78 is 37.4. The molecule has 5 nitrogen and oxygen atoms in total. The molecule has 0 aliphatic rings. The lowest BCUT2D eigenvalue weighted by atomic mass is 10.4. The van der Waals surface area contributed by atoms with Crippen molar-refractivity contribution in [2.45, 2.75) is 12.7 Å². The maximum atomic E-state index is 12.3. The molecule has 2 rings (SSSR count). The topological polar surface area (TPSA) is 64.0 Å². The Morgan fingerprint density at radius 2 is 2.05 bits per heavy atom. The van der Waals surface area contributed by atoms with Gasteiger partial charge >= 0.3 is 6.18 Å². The highest BCUT2D eigenvalue weighted by atomic mass is 35.5. The first-order valence-electron chi connectivity index (χ1n) is 5.57. The smallest absolute Gasteiger partial charge is 0.304 e. The number of alkyl halides is 3. The van der Waals surface area contributed by atoms with Crippen LogP contribution in [0.4, 0.5) is 19.0 Å². The van der Waals surface area contributed by atoms with E-state index in [1.165, 1.54) is 6.07 Å². The minimum atomic E-state index is -4.60. The summed E-state index contributed by atoms with van der Waals surface area (Å²) in [6.07, 6.45) is -4.60. The van der Waals surface area contributed by atoms with Crippen LogP contribution in [0.5, 0.6) is 0 Å². The third kappa shape index (κ3) is 4.21. The van der Waals surface area contributed by atoms with Gasteiger partial charge < -0.3 is 5.32 Å². The van der Waals surface area contributed by atoms with E-state index in [4.69, 9.17) is 23.2 Å². The number of amides is 1. The van der Waals surface area contributed by atoms with Gasteiger partial charge in [-0.25, -0.2) is 4.68 Å². The molecule has 0 spiro atoms. The number of rotatable bonds is 3. The van der Waals surface area contributed by atoms with Gasteiger partial charge in [0.05, 0.1) is 9.90 Å². The molecule has 0 bridgehead atoms. The Labute approximate surface area is 135 Å². The molecule has 1 amide bonds. The predicted octanol–water partition coefficient (Wildman–Crippen LogP) is 3.43. The summed E-state index contributed by atoms with van der Waals surface area (Å²) in [5, 5.41) is 5.90. The largest absolute Gasteiger partial charge is 0.408 e. The van der Waals surface area contributed by atoms with Crippen LogP contribution in [0, 0.1) is 0 Å². The average molecular weight is 372 g/mol. The minimum absolute atomic E-state index is 0.158. The second kappa shape index (κ2) is 6.27. The van der Waals surface area contributed by atoms with Crippen molar-refractivity contribution >= 4 is 46.3 Å². The molecule has 0 unspecified atom stereocenters. The highest BCUT2D eigenvalue weighted by molar-refractivity contribution is 7.18. The van der Waals surface area contributed by atoms with Crippen LogP contribution in [0.1, 0.15) is 9.67 Å². The van der Waals surface area contributed by atoms with Gasteiger partial charge in [0.25, 0.3) is 11.5 Å². The summed E-state index contributed by atoms with van der Waals surface area (Å²) >= 11 is 12.3. The van der Waals surface area contributed by atoms with Gasteiger partial charge in [-0.05, 0) is 12.1 Å². The average Bonchev–Trinajstić information content (AvgIpc) is 2.72. The van der Waals surface area contributed by atoms with Crippen molar-refractivity contribution in [2.75, 3.05) is 5.32 Å². The van der Waals surface area contributed by atoms with Crippen molar-refractivity contribution in [3.8, 4) is 0 Å². The van der Waals surface area contributed by atoms with Crippen LogP contribution in [0.15, 0.2) is 23.0 Å². The number of hydrogen-bond acceptors (Lipinski definition) is 4. The zero-order chi connectivity index (χ0) is 16.5. The van der Waals surface area contributed by atoms with Gasteiger partial charge in [-0.1, -0.05) is 23.2 Å². The summed E-state index contributed by atoms with van der Waals surface area (Å²) in [6, 6.07) is 3.29. The second-order valence-corrected chi connectivity index (χ2v) is 6.08. The van der Waals surface area contributed by atoms with Crippen molar-refractivity contribution in [3.05, 3.63) is 42.8 Å². The van der Waals surface area contributed by atoms with Crippen LogP contribution < -0.4 is 10.9 Å².